The summed E-state index contributed by atoms with van der Waals surface area (Å²) in [5.74, 6) is 0. The van der Waals surface area contributed by atoms with Crippen molar-refractivity contribution in [3.05, 3.63) is 255 Å². The minimum absolute atomic E-state index is 1.12. The van der Waals surface area contributed by atoms with E-state index in [4.69, 9.17) is 0 Å². The summed E-state index contributed by atoms with van der Waals surface area (Å²) in [5.41, 5.74) is 11.9. The number of hydrogen-bond acceptors (Lipinski definition) is 0. The maximum atomic E-state index is 2.61. The van der Waals surface area contributed by atoms with Crippen LogP contribution in [0, 0.1) is 0 Å². The average Bonchev–Trinajstić information content (AvgIpc) is 3.90. The summed E-state index contributed by atoms with van der Waals surface area (Å²) in [6.45, 7) is 0. The van der Waals surface area contributed by atoms with Gasteiger partial charge in [-0.15, -0.1) is 0 Å². The average molecular weight is 819 g/mol. The summed E-state index contributed by atoms with van der Waals surface area (Å²) < 4.78 is 5.14. The predicted octanol–water partition coefficient (Wildman–Crippen LogP) is 12.6. The first-order chi connectivity index (χ1) is 31.3. The molecule has 0 amide bonds. The van der Waals surface area contributed by atoms with Gasteiger partial charge in [-0.1, -0.05) is 231 Å². The van der Waals surface area contributed by atoms with Gasteiger partial charge in [0, 0.05) is 32.8 Å². The van der Waals surface area contributed by atoms with Gasteiger partial charge in [0.15, 0.2) is 8.07 Å². The van der Waals surface area contributed by atoms with Crippen LogP contribution in [-0.2, 0) is 0 Å². The van der Waals surface area contributed by atoms with Gasteiger partial charge in [0.05, 0.1) is 27.8 Å². The smallest absolute Gasteiger partial charge is 0.181 e. The molecule has 10 aromatic carbocycles. The summed E-state index contributed by atoms with van der Waals surface area (Å²) in [4.78, 5) is 0. The van der Waals surface area contributed by atoms with Crippen LogP contribution in [-0.4, -0.2) is 17.2 Å². The predicted molar refractivity (Wildman–Crippen MR) is 270 cm³/mol. The molecule has 0 N–H and O–H groups in total. The molecule has 2 nitrogen and oxygen atoms in total. The summed E-state index contributed by atoms with van der Waals surface area (Å²) in [7, 11) is -2.99. The van der Waals surface area contributed by atoms with Crippen molar-refractivity contribution in [3.63, 3.8) is 0 Å². The van der Waals surface area contributed by atoms with Crippen LogP contribution in [0.5, 0.6) is 0 Å². The van der Waals surface area contributed by atoms with E-state index in [1.165, 1.54) is 86.6 Å². The van der Waals surface area contributed by atoms with Gasteiger partial charge in [0.25, 0.3) is 0 Å². The van der Waals surface area contributed by atoms with Crippen molar-refractivity contribution in [2.45, 2.75) is 0 Å². The SMILES string of the molecule is c1ccc(-c2ccc(-n3c4c(-c5ccccc5)cccc4c4cccc(-n5c6ccccc6c6cccc([Si](c7ccccc7)(c7ccccc7)c7ccccc7)c65)c43)cc2)cc1. The molecule has 0 aliphatic heterocycles. The summed E-state index contributed by atoms with van der Waals surface area (Å²) in [6.07, 6.45) is 0. The van der Waals surface area contributed by atoms with Crippen LogP contribution in [0.15, 0.2) is 255 Å². The zero-order chi connectivity index (χ0) is 41.7. The molecule has 12 aromatic rings. The quantitative estimate of drug-likeness (QED) is 0.107. The van der Waals surface area contributed by atoms with Crippen molar-refractivity contribution in [3.8, 4) is 33.6 Å². The van der Waals surface area contributed by atoms with Crippen molar-refractivity contribution in [1.82, 2.24) is 9.13 Å². The van der Waals surface area contributed by atoms with Crippen molar-refractivity contribution in [1.29, 1.82) is 0 Å². The van der Waals surface area contributed by atoms with E-state index < -0.39 is 8.07 Å². The Morgan fingerprint density at radius 1 is 0.270 bits per heavy atom. The zero-order valence-electron chi connectivity index (χ0n) is 34.6. The Bertz CT molecular complexity index is 3480. The standard InChI is InChI=1S/C60H42N2Si/c1-6-21-43(22-7-1)44-39-41-46(42-40-44)61-58-50(45-23-8-2-9-24-45)32-18-33-53(58)54-34-19-37-56(59(54)61)62-55-36-17-16-31-51(55)52-35-20-38-57(60(52)62)63(47-25-10-3-11-26-47,48-27-12-4-13-28-48)49-29-14-5-15-30-49/h1-42H. The molecule has 0 aliphatic rings. The third-order valence-electron chi connectivity index (χ3n) is 13.1. The lowest BCUT2D eigenvalue weighted by Crippen LogP contribution is -2.75. The van der Waals surface area contributed by atoms with Gasteiger partial charge < -0.3 is 9.13 Å². The van der Waals surface area contributed by atoms with E-state index >= 15 is 0 Å². The Morgan fingerprint density at radius 3 is 1.32 bits per heavy atom. The largest absolute Gasteiger partial charge is 0.307 e. The molecule has 63 heavy (non-hydrogen) atoms. The lowest BCUT2D eigenvalue weighted by molar-refractivity contribution is 1.13. The molecule has 0 saturated heterocycles. The van der Waals surface area contributed by atoms with E-state index in [0.717, 1.165) is 11.4 Å². The lowest BCUT2D eigenvalue weighted by Gasteiger charge is -2.35. The molecular formula is C60H42N2Si. The second kappa shape index (κ2) is 15.2. The Kier molecular flexibility index (Phi) is 8.87. The highest BCUT2D eigenvalue weighted by atomic mass is 28.3. The zero-order valence-corrected chi connectivity index (χ0v) is 35.6. The summed E-state index contributed by atoms with van der Waals surface area (Å²) >= 11 is 0. The van der Waals surface area contributed by atoms with Crippen LogP contribution in [0.3, 0.4) is 0 Å². The minimum Gasteiger partial charge on any atom is -0.307 e. The first-order valence-corrected chi connectivity index (χ1v) is 23.8. The Labute approximate surface area is 368 Å². The van der Waals surface area contributed by atoms with Crippen LogP contribution < -0.4 is 20.7 Å². The van der Waals surface area contributed by atoms with Crippen molar-refractivity contribution >= 4 is 72.4 Å². The summed E-state index contributed by atoms with van der Waals surface area (Å²) in [6, 6.07) is 94.3. The first-order valence-electron chi connectivity index (χ1n) is 21.8. The molecule has 12 rings (SSSR count). The van der Waals surface area contributed by atoms with Gasteiger partial charge in [-0.2, -0.15) is 0 Å². The van der Waals surface area contributed by atoms with Crippen LogP contribution in [0.25, 0.3) is 77.2 Å². The molecule has 0 saturated carbocycles. The third kappa shape index (κ3) is 5.78. The van der Waals surface area contributed by atoms with E-state index in [-0.39, 0.29) is 0 Å². The Balaban J connectivity index is 1.25. The number of nitrogens with zero attached hydrogens (tertiary/aromatic N) is 2. The second-order valence-corrected chi connectivity index (χ2v) is 20.2. The number of hydrogen-bond donors (Lipinski definition) is 0. The molecule has 0 aliphatic carbocycles. The van der Waals surface area contributed by atoms with E-state index in [2.05, 4.69) is 264 Å². The monoisotopic (exact) mass is 818 g/mol. The maximum absolute atomic E-state index is 2.99. The van der Waals surface area contributed by atoms with E-state index in [0.29, 0.717) is 0 Å². The van der Waals surface area contributed by atoms with Gasteiger partial charge in [0.1, 0.15) is 0 Å². The number of rotatable bonds is 8. The van der Waals surface area contributed by atoms with Gasteiger partial charge in [-0.3, -0.25) is 0 Å². The molecule has 0 spiro atoms. The second-order valence-electron chi connectivity index (χ2n) is 16.4. The normalized spacial score (nSPS) is 11.8. The topological polar surface area (TPSA) is 9.86 Å². The lowest BCUT2D eigenvalue weighted by atomic mass is 10.0. The molecule has 0 atom stereocenters. The highest BCUT2D eigenvalue weighted by molar-refractivity contribution is 7.20. The molecule has 2 heterocycles. The van der Waals surface area contributed by atoms with Gasteiger partial charge in [-0.25, -0.2) is 0 Å². The Morgan fingerprint density at radius 2 is 0.714 bits per heavy atom. The van der Waals surface area contributed by atoms with Crippen molar-refractivity contribution in [2.75, 3.05) is 0 Å². The van der Waals surface area contributed by atoms with Gasteiger partial charge in [-0.05, 0) is 61.7 Å². The van der Waals surface area contributed by atoms with Crippen LogP contribution >= 0.6 is 0 Å². The van der Waals surface area contributed by atoms with Gasteiger partial charge >= 0.3 is 0 Å². The number of aromatic nitrogens is 2. The third-order valence-corrected chi connectivity index (χ3v) is 17.9. The fourth-order valence-corrected chi connectivity index (χ4v) is 15.4. The first kappa shape index (κ1) is 36.8. The fraction of sp³-hybridized carbons (Fsp3) is 0. The maximum Gasteiger partial charge on any atom is 0.181 e. The van der Waals surface area contributed by atoms with Crippen LogP contribution in [0.2, 0.25) is 0 Å². The number of para-hydroxylation sites is 4. The molecule has 0 fully saturated rings. The van der Waals surface area contributed by atoms with Crippen LogP contribution in [0.1, 0.15) is 0 Å². The van der Waals surface area contributed by atoms with Crippen molar-refractivity contribution in [2.24, 2.45) is 0 Å². The van der Waals surface area contributed by atoms with Crippen molar-refractivity contribution < 1.29 is 0 Å². The minimum atomic E-state index is -2.99. The summed E-state index contributed by atoms with van der Waals surface area (Å²) in [5, 5.41) is 10.3. The molecular weight excluding hydrogens is 777 g/mol. The molecule has 0 bridgehead atoms. The van der Waals surface area contributed by atoms with Crippen LogP contribution in [0.4, 0.5) is 0 Å². The molecule has 3 heteroatoms. The number of fused-ring (bicyclic) bond motifs is 6. The van der Waals surface area contributed by atoms with E-state index in [9.17, 15) is 0 Å². The number of benzene rings is 10. The van der Waals surface area contributed by atoms with Gasteiger partial charge in [0.2, 0.25) is 0 Å². The molecule has 296 valence electrons. The molecule has 0 unspecified atom stereocenters. The highest BCUT2D eigenvalue weighted by Gasteiger charge is 2.43. The molecule has 0 radical (unpaired) electrons. The Hall–Kier alpha value is -7.98. The van der Waals surface area contributed by atoms with E-state index in [1.807, 2.05) is 0 Å². The fourth-order valence-electron chi connectivity index (χ4n) is 10.4. The molecule has 2 aromatic heterocycles. The van der Waals surface area contributed by atoms with E-state index in [1.54, 1.807) is 0 Å². The highest BCUT2D eigenvalue weighted by Crippen LogP contribution is 2.43.